The number of hydroxylamine groups is 2. The molecule has 23 heavy (non-hydrogen) atoms. The van der Waals surface area contributed by atoms with Crippen LogP contribution in [0.25, 0.3) is 0 Å². The highest BCUT2D eigenvalue weighted by Crippen LogP contribution is 2.54. The van der Waals surface area contributed by atoms with Crippen molar-refractivity contribution >= 4 is 5.97 Å². The number of ether oxygens (including phenoxy) is 1. The maximum atomic E-state index is 11.8. The number of nitrogens with zero attached hydrogens (tertiary/aromatic N) is 1. The molecule has 0 aromatic heterocycles. The molecule has 4 nitrogen and oxygen atoms in total. The Balaban J connectivity index is 2.01. The summed E-state index contributed by atoms with van der Waals surface area (Å²) < 4.78 is 5.75. The molecular weight excluding hydrogens is 290 g/mol. The van der Waals surface area contributed by atoms with Crippen LogP contribution < -0.4 is 0 Å². The lowest BCUT2D eigenvalue weighted by molar-refractivity contribution is -0.307. The summed E-state index contributed by atoms with van der Waals surface area (Å²) in [5.41, 5.74) is 2.37. The average molecular weight is 309 g/mol. The number of hydrogen-bond acceptors (Lipinski definition) is 4. The zero-order chi connectivity index (χ0) is 16.2. The Morgan fingerprint density at radius 2 is 1.61 bits per heavy atom. The zero-order valence-corrected chi connectivity index (χ0v) is 13.2. The Morgan fingerprint density at radius 3 is 2.26 bits per heavy atom. The van der Waals surface area contributed by atoms with Crippen molar-refractivity contribution in [2.45, 2.75) is 38.0 Å². The SMILES string of the molecule is CC(=O)OC12Cc3ccccc3CC(C)(c3ccccc31)N2O. The second kappa shape index (κ2) is 4.66. The topological polar surface area (TPSA) is 49.8 Å². The molecule has 0 saturated heterocycles. The van der Waals surface area contributed by atoms with Gasteiger partial charge in [0.15, 0.2) is 0 Å². The van der Waals surface area contributed by atoms with Crippen molar-refractivity contribution in [3.05, 3.63) is 70.8 Å². The van der Waals surface area contributed by atoms with Crippen LogP contribution in [-0.4, -0.2) is 16.2 Å². The number of rotatable bonds is 1. The highest BCUT2D eigenvalue weighted by Gasteiger charge is 2.60. The minimum Gasteiger partial charge on any atom is -0.437 e. The number of carbonyl (C=O) groups is 1. The molecule has 0 radical (unpaired) electrons. The number of carbonyl (C=O) groups excluding carboxylic acids is 1. The van der Waals surface area contributed by atoms with Crippen molar-refractivity contribution in [1.82, 2.24) is 5.06 Å². The molecule has 1 N–H and O–H groups in total. The van der Waals surface area contributed by atoms with Crippen LogP contribution in [0.2, 0.25) is 0 Å². The molecule has 2 unspecified atom stereocenters. The fraction of sp³-hybridized carbons (Fsp3) is 0.316. The van der Waals surface area contributed by atoms with E-state index < -0.39 is 17.2 Å². The van der Waals surface area contributed by atoms with E-state index in [4.69, 9.17) is 4.74 Å². The van der Waals surface area contributed by atoms with E-state index >= 15 is 0 Å². The summed E-state index contributed by atoms with van der Waals surface area (Å²) in [6, 6.07) is 16.0. The summed E-state index contributed by atoms with van der Waals surface area (Å²) >= 11 is 0. The first kappa shape index (κ1) is 14.4. The summed E-state index contributed by atoms with van der Waals surface area (Å²) in [6.45, 7) is 3.39. The molecule has 4 heteroatoms. The normalized spacial score (nSPS) is 28.7. The number of esters is 1. The van der Waals surface area contributed by atoms with Crippen LogP contribution in [0, 0.1) is 0 Å². The van der Waals surface area contributed by atoms with Crippen molar-refractivity contribution in [3.63, 3.8) is 0 Å². The lowest BCUT2D eigenvalue weighted by Gasteiger charge is -2.38. The molecule has 0 spiro atoms. The number of hydrogen-bond donors (Lipinski definition) is 1. The van der Waals surface area contributed by atoms with E-state index in [0.717, 1.165) is 16.7 Å². The van der Waals surface area contributed by atoms with Gasteiger partial charge in [0.2, 0.25) is 5.72 Å². The molecule has 2 heterocycles. The summed E-state index contributed by atoms with van der Waals surface area (Å²) in [7, 11) is 0. The van der Waals surface area contributed by atoms with Crippen LogP contribution in [0.1, 0.15) is 36.1 Å². The first-order valence-corrected chi connectivity index (χ1v) is 7.83. The molecular formula is C19H19NO3. The summed E-state index contributed by atoms with van der Waals surface area (Å²) in [5, 5.41) is 12.4. The lowest BCUT2D eigenvalue weighted by Crippen LogP contribution is -2.50. The van der Waals surface area contributed by atoms with Crippen molar-refractivity contribution in [2.24, 2.45) is 0 Å². The molecule has 118 valence electrons. The van der Waals surface area contributed by atoms with E-state index in [-0.39, 0.29) is 0 Å². The van der Waals surface area contributed by atoms with Crippen molar-refractivity contribution in [2.75, 3.05) is 0 Å². The lowest BCUT2D eigenvalue weighted by atomic mass is 9.81. The van der Waals surface area contributed by atoms with Gasteiger partial charge < -0.3 is 9.94 Å². The Labute approximate surface area is 135 Å². The van der Waals surface area contributed by atoms with Gasteiger partial charge in [0.1, 0.15) is 0 Å². The van der Waals surface area contributed by atoms with Crippen molar-refractivity contribution < 1.29 is 14.7 Å². The monoisotopic (exact) mass is 309 g/mol. The van der Waals surface area contributed by atoms with Crippen LogP contribution >= 0.6 is 0 Å². The smallest absolute Gasteiger partial charge is 0.304 e. The van der Waals surface area contributed by atoms with Crippen LogP contribution in [-0.2, 0) is 33.6 Å². The first-order chi connectivity index (χ1) is 11.0. The van der Waals surface area contributed by atoms with E-state index in [1.165, 1.54) is 17.6 Å². The predicted molar refractivity (Wildman–Crippen MR) is 84.7 cm³/mol. The van der Waals surface area contributed by atoms with E-state index in [1.807, 2.05) is 49.4 Å². The predicted octanol–water partition coefficient (Wildman–Crippen LogP) is 3.12. The van der Waals surface area contributed by atoms with Gasteiger partial charge in [-0.05, 0) is 30.0 Å². The maximum absolute atomic E-state index is 11.8. The molecule has 0 fully saturated rings. The van der Waals surface area contributed by atoms with Crippen LogP contribution in [0.15, 0.2) is 48.5 Å². The van der Waals surface area contributed by atoms with Gasteiger partial charge in [-0.2, -0.15) is 0 Å². The highest BCUT2D eigenvalue weighted by molar-refractivity contribution is 5.67. The molecule has 0 saturated carbocycles. The molecule has 2 aliphatic heterocycles. The van der Waals surface area contributed by atoms with E-state index in [0.29, 0.717) is 12.8 Å². The molecule has 0 aliphatic carbocycles. The molecule has 2 atom stereocenters. The summed E-state index contributed by atoms with van der Waals surface area (Å²) in [6.07, 6.45) is 1.10. The third-order valence-electron chi connectivity index (χ3n) is 5.13. The van der Waals surface area contributed by atoms with Crippen LogP contribution in [0.3, 0.4) is 0 Å². The van der Waals surface area contributed by atoms with Gasteiger partial charge in [-0.3, -0.25) is 4.79 Å². The third kappa shape index (κ3) is 1.82. The fourth-order valence-electron chi connectivity index (χ4n) is 4.16. The fourth-order valence-corrected chi connectivity index (χ4v) is 4.16. The van der Waals surface area contributed by atoms with Gasteiger partial charge in [-0.25, -0.2) is 0 Å². The Hall–Kier alpha value is -2.17. The Morgan fingerprint density at radius 1 is 1.04 bits per heavy atom. The molecule has 2 aromatic rings. The molecule has 0 amide bonds. The minimum absolute atomic E-state index is 0.400. The average Bonchev–Trinajstić information content (AvgIpc) is 2.63. The Bertz CT molecular complexity index is 803. The molecule has 2 aliphatic rings. The molecule has 2 bridgehead atoms. The van der Waals surface area contributed by atoms with Gasteiger partial charge in [-0.1, -0.05) is 48.5 Å². The standard InChI is InChI=1S/C19H19NO3/c1-13(21)23-19-12-15-8-4-3-7-14(15)11-18(2,20(19)22)16-9-5-6-10-17(16)19/h3-10,22H,11-12H2,1-2H3. The summed E-state index contributed by atoms with van der Waals surface area (Å²) in [5.74, 6) is -0.400. The molecule has 2 aromatic carbocycles. The quantitative estimate of drug-likeness (QED) is 0.822. The second-order valence-electron chi connectivity index (χ2n) is 6.63. The first-order valence-electron chi connectivity index (χ1n) is 7.83. The molecule has 4 rings (SSSR count). The van der Waals surface area contributed by atoms with Gasteiger partial charge in [0.05, 0.1) is 5.54 Å². The summed E-state index contributed by atoms with van der Waals surface area (Å²) in [4.78, 5) is 11.8. The van der Waals surface area contributed by atoms with Gasteiger partial charge in [0, 0.05) is 18.9 Å². The van der Waals surface area contributed by atoms with E-state index in [1.54, 1.807) is 0 Å². The zero-order valence-electron chi connectivity index (χ0n) is 13.2. The van der Waals surface area contributed by atoms with Crippen LogP contribution in [0.5, 0.6) is 0 Å². The maximum Gasteiger partial charge on any atom is 0.304 e. The van der Waals surface area contributed by atoms with Gasteiger partial charge >= 0.3 is 5.97 Å². The third-order valence-corrected chi connectivity index (χ3v) is 5.13. The van der Waals surface area contributed by atoms with E-state index in [2.05, 4.69) is 6.07 Å². The van der Waals surface area contributed by atoms with Crippen molar-refractivity contribution in [3.8, 4) is 0 Å². The Kier molecular flexibility index (Phi) is 2.92. The minimum atomic E-state index is -1.16. The van der Waals surface area contributed by atoms with Crippen molar-refractivity contribution in [1.29, 1.82) is 0 Å². The van der Waals surface area contributed by atoms with E-state index in [9.17, 15) is 10.0 Å². The van der Waals surface area contributed by atoms with Gasteiger partial charge in [0.25, 0.3) is 0 Å². The number of benzene rings is 2. The van der Waals surface area contributed by atoms with Crippen LogP contribution in [0.4, 0.5) is 0 Å². The number of fused-ring (bicyclic) bond motifs is 6. The van der Waals surface area contributed by atoms with Gasteiger partial charge in [-0.15, -0.1) is 5.06 Å². The largest absolute Gasteiger partial charge is 0.437 e. The highest BCUT2D eigenvalue weighted by atomic mass is 16.6. The second-order valence-corrected chi connectivity index (χ2v) is 6.63.